The van der Waals surface area contributed by atoms with Crippen molar-refractivity contribution >= 4 is 27.6 Å². The highest BCUT2D eigenvalue weighted by atomic mass is 32.2. The molecule has 5 rings (SSSR count). The van der Waals surface area contributed by atoms with Crippen molar-refractivity contribution in [2.45, 2.75) is 114 Å². The Hall–Kier alpha value is -3.29. The minimum absolute atomic E-state index is 0.0176. The second-order valence-corrected chi connectivity index (χ2v) is 18.1. The van der Waals surface area contributed by atoms with Crippen molar-refractivity contribution in [3.8, 4) is 0 Å². The largest absolute Gasteiger partial charge is 0.378 e. The topological polar surface area (TPSA) is 177 Å². The number of rotatable bonds is 18. The van der Waals surface area contributed by atoms with Gasteiger partial charge >= 0.3 is 0 Å². The second kappa shape index (κ2) is 18.0. The first-order chi connectivity index (χ1) is 24.4. The molecule has 282 valence electrons. The van der Waals surface area contributed by atoms with E-state index >= 15 is 0 Å². The van der Waals surface area contributed by atoms with Crippen LogP contribution in [0.15, 0.2) is 42.9 Å². The van der Waals surface area contributed by atoms with Crippen LogP contribution in [0.1, 0.15) is 89.3 Å². The van der Waals surface area contributed by atoms with E-state index in [4.69, 9.17) is 10.5 Å². The molecule has 1 saturated heterocycles. The summed E-state index contributed by atoms with van der Waals surface area (Å²) in [5, 5.41) is 6.21. The molecular formula is C38H58N6O6S. The number of sulfone groups is 1. The fourth-order valence-electron chi connectivity index (χ4n) is 7.58. The molecule has 3 amide bonds. The second-order valence-electron chi connectivity index (χ2n) is 15.5. The Bertz CT molecular complexity index is 1520. The molecule has 1 aliphatic heterocycles. The highest BCUT2D eigenvalue weighted by molar-refractivity contribution is 7.93. The zero-order valence-corrected chi connectivity index (χ0v) is 31.2. The molecule has 2 aromatic rings. The summed E-state index contributed by atoms with van der Waals surface area (Å²) in [5.74, 6) is -1.84. The smallest absolute Gasteiger partial charge is 0.243 e. The maximum atomic E-state index is 14.3. The van der Waals surface area contributed by atoms with E-state index in [0.717, 1.165) is 31.2 Å². The Kier molecular flexibility index (Phi) is 13.7. The summed E-state index contributed by atoms with van der Waals surface area (Å²) in [6.07, 6.45) is 14.2. The van der Waals surface area contributed by atoms with E-state index in [9.17, 15) is 22.8 Å². The third kappa shape index (κ3) is 11.3. The summed E-state index contributed by atoms with van der Waals surface area (Å²) in [7, 11) is -4.16. The number of H-pyrrole nitrogens is 1. The number of benzene rings is 1. The number of amides is 3. The van der Waals surface area contributed by atoms with Crippen molar-refractivity contribution < 1.29 is 27.5 Å². The van der Waals surface area contributed by atoms with Crippen LogP contribution in [-0.4, -0.2) is 95.9 Å². The fraction of sp³-hybridized carbons (Fsp3) is 0.684. The Morgan fingerprint density at radius 2 is 1.65 bits per heavy atom. The molecule has 1 aromatic heterocycles. The maximum Gasteiger partial charge on any atom is 0.243 e. The first-order valence-corrected chi connectivity index (χ1v) is 20.5. The van der Waals surface area contributed by atoms with Gasteiger partial charge in [0.2, 0.25) is 17.7 Å². The maximum absolute atomic E-state index is 14.3. The number of ether oxygens (including phenoxy) is 1. The van der Waals surface area contributed by atoms with Crippen LogP contribution in [0.5, 0.6) is 0 Å². The van der Waals surface area contributed by atoms with Gasteiger partial charge in [-0.3, -0.25) is 14.4 Å². The van der Waals surface area contributed by atoms with E-state index in [1.807, 2.05) is 30.3 Å². The highest BCUT2D eigenvalue weighted by Crippen LogP contribution is 2.35. The van der Waals surface area contributed by atoms with Gasteiger partial charge in [-0.05, 0) is 56.9 Å². The number of imidazole rings is 1. The van der Waals surface area contributed by atoms with Crippen LogP contribution in [0, 0.1) is 17.8 Å². The quantitative estimate of drug-likeness (QED) is 0.181. The van der Waals surface area contributed by atoms with Gasteiger partial charge in [0.25, 0.3) is 0 Å². The number of morpholine rings is 1. The molecule has 1 aromatic carbocycles. The summed E-state index contributed by atoms with van der Waals surface area (Å²) in [5.41, 5.74) is 8.05. The van der Waals surface area contributed by atoms with Crippen LogP contribution in [-0.2, 0) is 41.8 Å². The van der Waals surface area contributed by atoms with Gasteiger partial charge in [-0.25, -0.2) is 13.4 Å². The van der Waals surface area contributed by atoms with Gasteiger partial charge in [0.15, 0.2) is 9.84 Å². The first-order valence-electron chi connectivity index (χ1n) is 18.9. The predicted octanol–water partition coefficient (Wildman–Crippen LogP) is 3.32. The summed E-state index contributed by atoms with van der Waals surface area (Å²) in [6, 6.07) is 8.05. The van der Waals surface area contributed by atoms with E-state index in [-0.39, 0.29) is 30.8 Å². The lowest BCUT2D eigenvalue weighted by atomic mass is 9.83. The molecule has 13 heteroatoms. The van der Waals surface area contributed by atoms with Gasteiger partial charge in [0, 0.05) is 43.5 Å². The molecule has 2 aliphatic carbocycles. The lowest BCUT2D eigenvalue weighted by Crippen LogP contribution is -2.56. The van der Waals surface area contributed by atoms with Crippen molar-refractivity contribution in [1.82, 2.24) is 25.5 Å². The third-order valence-electron chi connectivity index (χ3n) is 10.9. The van der Waals surface area contributed by atoms with Gasteiger partial charge in [-0.1, -0.05) is 75.3 Å². The lowest BCUT2D eigenvalue weighted by molar-refractivity contribution is -0.137. The monoisotopic (exact) mass is 726 g/mol. The van der Waals surface area contributed by atoms with E-state index in [2.05, 4.69) is 20.6 Å². The third-order valence-corrected chi connectivity index (χ3v) is 13.5. The van der Waals surface area contributed by atoms with Gasteiger partial charge in [-0.2, -0.15) is 0 Å². The van der Waals surface area contributed by atoms with Crippen LogP contribution in [0.4, 0.5) is 0 Å². The normalized spacial score (nSPS) is 19.9. The average Bonchev–Trinajstić information content (AvgIpc) is 3.77. The minimum atomic E-state index is -4.16. The Labute approximate surface area is 303 Å². The molecule has 0 bridgehead atoms. The minimum Gasteiger partial charge on any atom is -0.378 e. The Morgan fingerprint density at radius 3 is 2.29 bits per heavy atom. The van der Waals surface area contributed by atoms with Crippen LogP contribution in [0.3, 0.4) is 0 Å². The highest BCUT2D eigenvalue weighted by Gasteiger charge is 2.46. The zero-order chi connectivity index (χ0) is 36.4. The summed E-state index contributed by atoms with van der Waals surface area (Å²) < 4.78 is 31.7. The van der Waals surface area contributed by atoms with Gasteiger partial charge in [0.05, 0.1) is 31.2 Å². The molecule has 0 radical (unpaired) electrons. The average molecular weight is 727 g/mol. The van der Waals surface area contributed by atoms with Gasteiger partial charge in [0.1, 0.15) is 10.8 Å². The molecule has 2 saturated carbocycles. The molecule has 5 N–H and O–H groups in total. The van der Waals surface area contributed by atoms with Crippen molar-refractivity contribution in [1.29, 1.82) is 0 Å². The summed E-state index contributed by atoms with van der Waals surface area (Å²) >= 11 is 0. The van der Waals surface area contributed by atoms with Crippen LogP contribution >= 0.6 is 0 Å². The number of hydrogen-bond donors (Lipinski definition) is 4. The van der Waals surface area contributed by atoms with E-state index < -0.39 is 44.1 Å². The predicted molar refractivity (Wildman–Crippen MR) is 196 cm³/mol. The van der Waals surface area contributed by atoms with Crippen molar-refractivity contribution in [3.05, 3.63) is 54.1 Å². The number of nitrogens with zero attached hydrogens (tertiary/aromatic N) is 2. The summed E-state index contributed by atoms with van der Waals surface area (Å²) in [6.45, 7) is 4.12. The van der Waals surface area contributed by atoms with Gasteiger partial charge < -0.3 is 31.0 Å². The van der Waals surface area contributed by atoms with E-state index in [0.29, 0.717) is 50.3 Å². The van der Waals surface area contributed by atoms with Crippen LogP contribution in [0.2, 0.25) is 0 Å². The molecule has 0 spiro atoms. The van der Waals surface area contributed by atoms with Crippen LogP contribution < -0.4 is 16.4 Å². The number of nitrogens with one attached hydrogen (secondary N) is 3. The number of aromatic amines is 1. The molecule has 51 heavy (non-hydrogen) atoms. The number of hydrogen-bond acceptors (Lipinski definition) is 8. The summed E-state index contributed by atoms with van der Waals surface area (Å²) in [4.78, 5) is 50.6. The number of carbonyl (C=O) groups excluding carboxylic acids is 3. The fourth-order valence-corrected chi connectivity index (χ4v) is 9.19. The SMILES string of the molecule is CC(C)(C(=O)N1CCOCC1)S(=O)(=O)CC(Cc1ccccc1)C(=O)N[C@@H](Cc1cnc[nH]1)C(=O)NC(CC(N)CC1CC1)CC1CCCCC1. The molecule has 12 nitrogen and oxygen atoms in total. The Morgan fingerprint density at radius 1 is 0.961 bits per heavy atom. The number of aromatic nitrogens is 2. The van der Waals surface area contributed by atoms with Crippen LogP contribution in [0.25, 0.3) is 0 Å². The molecule has 3 aliphatic rings. The number of nitrogens with two attached hydrogens (primary N) is 1. The molecule has 3 unspecified atom stereocenters. The molecule has 4 atom stereocenters. The molecule has 3 fully saturated rings. The molecule has 2 heterocycles. The lowest BCUT2D eigenvalue weighted by Gasteiger charge is -2.34. The standard InChI is InChI=1S/C38H58N6O6S/c1-38(2,37(47)44-15-17-50-18-16-44)51(48,49)25-30(19-27-9-5-3-6-10-27)35(45)43-34(23-33-24-40-26-41-33)36(46)42-32(21-28-11-7-4-8-12-28)22-31(39)20-29-13-14-29/h3,5-6,9-10,24,26,28-32,34H,4,7-8,11-23,25,39H2,1-2H3,(H,40,41)(H,42,46)(H,43,45)/t30?,31?,32?,34-/m0/s1. The molecular weight excluding hydrogens is 669 g/mol. The zero-order valence-electron chi connectivity index (χ0n) is 30.4. The van der Waals surface area contributed by atoms with E-state index in [1.165, 1.54) is 57.2 Å². The Balaban J connectivity index is 1.35. The first kappa shape index (κ1) is 38.9. The van der Waals surface area contributed by atoms with E-state index in [1.54, 1.807) is 6.20 Å². The number of carbonyl (C=O) groups is 3. The van der Waals surface area contributed by atoms with Crippen molar-refractivity contribution in [2.24, 2.45) is 23.5 Å². The van der Waals surface area contributed by atoms with Crippen molar-refractivity contribution in [2.75, 3.05) is 32.1 Å². The van der Waals surface area contributed by atoms with Crippen molar-refractivity contribution in [3.63, 3.8) is 0 Å². The van der Waals surface area contributed by atoms with Gasteiger partial charge in [-0.15, -0.1) is 0 Å².